The lowest BCUT2D eigenvalue weighted by atomic mass is 10.0. The molecular formula is C14H18N2OS. The van der Waals surface area contributed by atoms with Gasteiger partial charge in [0, 0.05) is 11.4 Å². The highest BCUT2D eigenvalue weighted by Gasteiger charge is 2.33. The van der Waals surface area contributed by atoms with Crippen LogP contribution in [0.1, 0.15) is 49.9 Å². The minimum Gasteiger partial charge on any atom is -0.598 e. The molecule has 0 aromatic heterocycles. The van der Waals surface area contributed by atoms with Gasteiger partial charge in [0.1, 0.15) is 4.75 Å². The first kappa shape index (κ1) is 13.4. The lowest BCUT2D eigenvalue weighted by Crippen LogP contribution is -2.40. The predicted octanol–water partition coefficient (Wildman–Crippen LogP) is 2.60. The van der Waals surface area contributed by atoms with Gasteiger partial charge in [-0.15, -0.1) is 4.72 Å². The number of nitriles is 1. The number of nitrogens with one attached hydrogen (secondary N) is 1. The molecule has 0 heterocycles. The molecule has 0 aliphatic heterocycles. The van der Waals surface area contributed by atoms with Crippen LogP contribution in [0.25, 0.3) is 0 Å². The van der Waals surface area contributed by atoms with Gasteiger partial charge in [0.05, 0.1) is 17.7 Å². The highest BCUT2D eigenvalue weighted by atomic mass is 32.2. The van der Waals surface area contributed by atoms with E-state index >= 15 is 0 Å². The molecule has 18 heavy (non-hydrogen) atoms. The van der Waals surface area contributed by atoms with Crippen molar-refractivity contribution in [1.82, 2.24) is 4.72 Å². The maximum Gasteiger partial charge on any atom is 0.136 e. The molecule has 1 N–H and O–H groups in total. The number of rotatable bonds is 2. The first-order valence-corrected chi connectivity index (χ1v) is 7.28. The topological polar surface area (TPSA) is 58.9 Å². The van der Waals surface area contributed by atoms with Crippen molar-refractivity contribution >= 4 is 11.4 Å². The molecule has 0 saturated heterocycles. The van der Waals surface area contributed by atoms with Gasteiger partial charge in [-0.1, -0.05) is 12.1 Å². The average molecular weight is 262 g/mol. The van der Waals surface area contributed by atoms with Crippen molar-refractivity contribution in [3.63, 3.8) is 0 Å². The summed E-state index contributed by atoms with van der Waals surface area (Å²) in [4.78, 5) is 0. The molecule has 4 heteroatoms. The van der Waals surface area contributed by atoms with E-state index in [0.29, 0.717) is 0 Å². The minimum atomic E-state index is -1.08. The Kier molecular flexibility index (Phi) is 3.67. The monoisotopic (exact) mass is 262 g/mol. The minimum absolute atomic E-state index is 0.105. The van der Waals surface area contributed by atoms with Gasteiger partial charge in [-0.05, 0) is 50.8 Å². The highest BCUT2D eigenvalue weighted by molar-refractivity contribution is 7.90. The van der Waals surface area contributed by atoms with Crippen LogP contribution in [0.4, 0.5) is 0 Å². The lowest BCUT2D eigenvalue weighted by Gasteiger charge is -2.26. The van der Waals surface area contributed by atoms with Gasteiger partial charge in [-0.3, -0.25) is 0 Å². The predicted molar refractivity (Wildman–Crippen MR) is 73.3 cm³/mol. The van der Waals surface area contributed by atoms with E-state index in [2.05, 4.69) is 10.8 Å². The zero-order chi connectivity index (χ0) is 13.3. The van der Waals surface area contributed by atoms with Crippen molar-refractivity contribution in [2.75, 3.05) is 0 Å². The third-order valence-electron chi connectivity index (χ3n) is 3.20. The Labute approximate surface area is 112 Å². The molecule has 0 amide bonds. The number of fused-ring (bicyclic) bond motifs is 1. The highest BCUT2D eigenvalue weighted by Crippen LogP contribution is 2.34. The Balaban J connectivity index is 2.21. The van der Waals surface area contributed by atoms with Crippen LogP contribution in [-0.4, -0.2) is 9.30 Å². The SMILES string of the molecule is CC(C)(C)[S@+]([O-])N[C@H]1CCc2c(C#N)cccc21. The molecule has 0 radical (unpaired) electrons. The fourth-order valence-electron chi connectivity index (χ4n) is 2.19. The summed E-state index contributed by atoms with van der Waals surface area (Å²) < 4.78 is 15.0. The molecule has 1 aliphatic rings. The van der Waals surface area contributed by atoms with E-state index in [0.717, 1.165) is 29.5 Å². The number of hydrogen-bond donors (Lipinski definition) is 1. The fourth-order valence-corrected chi connectivity index (χ4v) is 3.04. The van der Waals surface area contributed by atoms with Crippen LogP contribution in [0.15, 0.2) is 18.2 Å². The zero-order valence-electron chi connectivity index (χ0n) is 11.0. The fraction of sp³-hybridized carbons (Fsp3) is 0.500. The maximum atomic E-state index is 12.1. The summed E-state index contributed by atoms with van der Waals surface area (Å²) >= 11 is -1.08. The molecule has 3 nitrogen and oxygen atoms in total. The Morgan fingerprint density at radius 1 is 1.44 bits per heavy atom. The van der Waals surface area contributed by atoms with Crippen molar-refractivity contribution in [2.24, 2.45) is 0 Å². The smallest absolute Gasteiger partial charge is 0.136 e. The van der Waals surface area contributed by atoms with Crippen molar-refractivity contribution < 1.29 is 4.55 Å². The second-order valence-electron chi connectivity index (χ2n) is 5.58. The summed E-state index contributed by atoms with van der Waals surface area (Å²) in [6, 6.07) is 8.11. The van der Waals surface area contributed by atoms with Gasteiger partial charge < -0.3 is 4.55 Å². The van der Waals surface area contributed by atoms with Gasteiger partial charge in [0.2, 0.25) is 0 Å². The van der Waals surface area contributed by atoms with E-state index in [1.54, 1.807) is 0 Å². The first-order valence-electron chi connectivity index (χ1n) is 6.13. The first-order chi connectivity index (χ1) is 8.43. The van der Waals surface area contributed by atoms with Crippen molar-refractivity contribution in [3.8, 4) is 6.07 Å². The van der Waals surface area contributed by atoms with Crippen molar-refractivity contribution in [1.29, 1.82) is 5.26 Å². The number of hydrogen-bond acceptors (Lipinski definition) is 3. The van der Waals surface area contributed by atoms with Crippen LogP contribution in [0, 0.1) is 11.3 Å². The number of benzene rings is 1. The second-order valence-corrected chi connectivity index (χ2v) is 7.57. The van der Waals surface area contributed by atoms with Gasteiger partial charge in [-0.25, -0.2) is 0 Å². The Hall–Kier alpha value is -1.02. The summed E-state index contributed by atoms with van der Waals surface area (Å²) in [6.45, 7) is 5.87. The zero-order valence-corrected chi connectivity index (χ0v) is 11.8. The summed E-state index contributed by atoms with van der Waals surface area (Å²) in [6.07, 6.45) is 1.80. The van der Waals surface area contributed by atoms with E-state index in [1.807, 2.05) is 39.0 Å². The van der Waals surface area contributed by atoms with E-state index in [4.69, 9.17) is 5.26 Å². The normalized spacial score (nSPS) is 20.3. The van der Waals surface area contributed by atoms with Crippen LogP contribution in [0.2, 0.25) is 0 Å². The molecule has 0 unspecified atom stereocenters. The maximum absolute atomic E-state index is 12.1. The van der Waals surface area contributed by atoms with Gasteiger partial charge in [0.15, 0.2) is 0 Å². The van der Waals surface area contributed by atoms with Crippen LogP contribution in [0.3, 0.4) is 0 Å². The average Bonchev–Trinajstić information content (AvgIpc) is 2.71. The van der Waals surface area contributed by atoms with Crippen LogP contribution in [-0.2, 0) is 17.8 Å². The Morgan fingerprint density at radius 3 is 2.78 bits per heavy atom. The Bertz CT molecular complexity index is 488. The van der Waals surface area contributed by atoms with Crippen molar-refractivity contribution in [3.05, 3.63) is 34.9 Å². The summed E-state index contributed by atoms with van der Waals surface area (Å²) in [5, 5.41) is 9.07. The Morgan fingerprint density at radius 2 is 2.17 bits per heavy atom. The van der Waals surface area contributed by atoms with E-state index < -0.39 is 11.4 Å². The lowest BCUT2D eigenvalue weighted by molar-refractivity contribution is 0.522. The standard InChI is InChI=1S/C14H18N2OS/c1-14(2,3)18(17)16-13-8-7-11-10(9-15)5-4-6-12(11)13/h4-6,13,16H,7-8H2,1-3H3/t13-,18-/m0/s1. The van der Waals surface area contributed by atoms with Crippen molar-refractivity contribution in [2.45, 2.75) is 44.4 Å². The third kappa shape index (κ3) is 2.54. The van der Waals surface area contributed by atoms with Crippen LogP contribution in [0.5, 0.6) is 0 Å². The largest absolute Gasteiger partial charge is 0.598 e. The molecular weight excluding hydrogens is 244 g/mol. The quantitative estimate of drug-likeness (QED) is 0.833. The molecule has 1 aromatic rings. The van der Waals surface area contributed by atoms with E-state index in [-0.39, 0.29) is 10.8 Å². The van der Waals surface area contributed by atoms with Gasteiger partial charge in [0.25, 0.3) is 0 Å². The molecule has 1 aromatic carbocycles. The van der Waals surface area contributed by atoms with E-state index in [9.17, 15) is 4.55 Å². The van der Waals surface area contributed by atoms with Gasteiger partial charge >= 0.3 is 0 Å². The molecule has 0 bridgehead atoms. The molecule has 1 aliphatic carbocycles. The number of nitrogens with zero attached hydrogens (tertiary/aromatic N) is 1. The second kappa shape index (κ2) is 4.93. The molecule has 0 saturated carbocycles. The molecule has 96 valence electrons. The summed E-state index contributed by atoms with van der Waals surface area (Å²) in [5.41, 5.74) is 2.99. The van der Waals surface area contributed by atoms with Crippen LogP contribution < -0.4 is 4.72 Å². The third-order valence-corrected chi connectivity index (χ3v) is 4.81. The van der Waals surface area contributed by atoms with Gasteiger partial charge in [-0.2, -0.15) is 5.26 Å². The molecule has 2 rings (SSSR count). The molecule has 0 fully saturated rings. The molecule has 2 atom stereocenters. The van der Waals surface area contributed by atoms with Crippen LogP contribution >= 0.6 is 0 Å². The van der Waals surface area contributed by atoms with E-state index in [1.165, 1.54) is 0 Å². The molecule has 0 spiro atoms. The summed E-state index contributed by atoms with van der Waals surface area (Å²) in [5.74, 6) is 0. The summed E-state index contributed by atoms with van der Waals surface area (Å²) in [7, 11) is 0.